The molecule has 1 aromatic heterocycles. The third-order valence-electron chi connectivity index (χ3n) is 4.96. The smallest absolute Gasteiger partial charge is 0.348 e. The molecule has 0 spiro atoms. The first-order valence-corrected chi connectivity index (χ1v) is 9.40. The van der Waals surface area contributed by atoms with E-state index in [-0.39, 0.29) is 17.5 Å². The maximum Gasteiger partial charge on any atom is 0.355 e. The second-order valence-corrected chi connectivity index (χ2v) is 6.85. The predicted octanol–water partition coefficient (Wildman–Crippen LogP) is 3.22. The van der Waals surface area contributed by atoms with E-state index < -0.39 is 10.8 Å². The van der Waals surface area contributed by atoms with Gasteiger partial charge in [0.1, 0.15) is 6.33 Å². The number of nitrogens with one attached hydrogen (secondary N) is 2. The van der Waals surface area contributed by atoms with Gasteiger partial charge in [0.15, 0.2) is 0 Å². The Labute approximate surface area is 163 Å². The number of amides is 1. The standard InChI is InChI=1S/C19H24N6O3/c1-3-15-6-4-5-11-24(15)18-16(25(27)28)17(20-12-21-18)22-23-19(26)14-9-7-13(2)8-10-14/h7-10,12,15H,3-6,11H2,1-2H3,(H,23,26)(H,20,21,22). The lowest BCUT2D eigenvalue weighted by Gasteiger charge is -2.35. The van der Waals surface area contributed by atoms with Gasteiger partial charge < -0.3 is 4.90 Å². The van der Waals surface area contributed by atoms with Crippen LogP contribution in [0.1, 0.15) is 48.5 Å². The summed E-state index contributed by atoms with van der Waals surface area (Å²) in [6, 6.07) is 7.22. The first kappa shape index (κ1) is 19.5. The van der Waals surface area contributed by atoms with E-state index in [4.69, 9.17) is 0 Å². The van der Waals surface area contributed by atoms with Crippen LogP contribution < -0.4 is 15.8 Å². The van der Waals surface area contributed by atoms with E-state index in [1.165, 1.54) is 6.33 Å². The van der Waals surface area contributed by atoms with Gasteiger partial charge in [-0.05, 0) is 44.7 Å². The average molecular weight is 384 g/mol. The lowest BCUT2D eigenvalue weighted by molar-refractivity contribution is -0.383. The van der Waals surface area contributed by atoms with Crippen LogP contribution in [0.25, 0.3) is 0 Å². The van der Waals surface area contributed by atoms with Crippen LogP contribution in [-0.4, -0.2) is 33.4 Å². The van der Waals surface area contributed by atoms with Crippen molar-refractivity contribution in [3.05, 3.63) is 51.8 Å². The van der Waals surface area contributed by atoms with Gasteiger partial charge in [-0.25, -0.2) is 9.97 Å². The predicted molar refractivity (Wildman–Crippen MR) is 106 cm³/mol. The van der Waals surface area contributed by atoms with Crippen LogP contribution in [0.4, 0.5) is 17.3 Å². The molecule has 0 saturated carbocycles. The van der Waals surface area contributed by atoms with Crippen molar-refractivity contribution in [2.45, 2.75) is 45.6 Å². The minimum Gasteiger partial charge on any atom is -0.348 e. The fraction of sp³-hybridized carbons (Fsp3) is 0.421. The number of nitro groups is 1. The zero-order chi connectivity index (χ0) is 20.1. The molecule has 28 heavy (non-hydrogen) atoms. The highest BCUT2D eigenvalue weighted by Crippen LogP contribution is 2.35. The highest BCUT2D eigenvalue weighted by molar-refractivity contribution is 5.95. The van der Waals surface area contributed by atoms with Gasteiger partial charge in [0.05, 0.1) is 4.92 Å². The van der Waals surface area contributed by atoms with E-state index in [1.54, 1.807) is 12.1 Å². The Hall–Kier alpha value is -3.23. The van der Waals surface area contributed by atoms with Crippen molar-refractivity contribution < 1.29 is 9.72 Å². The van der Waals surface area contributed by atoms with Crippen molar-refractivity contribution in [1.29, 1.82) is 0 Å². The number of hydrogen-bond donors (Lipinski definition) is 2. The van der Waals surface area contributed by atoms with Gasteiger partial charge >= 0.3 is 5.69 Å². The quantitative estimate of drug-likeness (QED) is 0.580. The topological polar surface area (TPSA) is 113 Å². The molecule has 148 valence electrons. The third-order valence-corrected chi connectivity index (χ3v) is 4.96. The zero-order valence-electron chi connectivity index (χ0n) is 16.0. The van der Waals surface area contributed by atoms with Gasteiger partial charge in [0.2, 0.25) is 11.6 Å². The molecule has 9 heteroatoms. The molecule has 1 aliphatic rings. The van der Waals surface area contributed by atoms with E-state index >= 15 is 0 Å². The van der Waals surface area contributed by atoms with Crippen LogP contribution in [0.3, 0.4) is 0 Å². The van der Waals surface area contributed by atoms with Gasteiger partial charge in [0.25, 0.3) is 5.91 Å². The molecule has 1 aromatic carbocycles. The molecule has 1 unspecified atom stereocenters. The van der Waals surface area contributed by atoms with Gasteiger partial charge in [-0.2, -0.15) is 0 Å². The van der Waals surface area contributed by atoms with Crippen molar-refractivity contribution in [1.82, 2.24) is 15.4 Å². The number of nitrogens with zero attached hydrogens (tertiary/aromatic N) is 4. The highest BCUT2D eigenvalue weighted by Gasteiger charge is 2.32. The van der Waals surface area contributed by atoms with Crippen LogP contribution in [-0.2, 0) is 0 Å². The minimum atomic E-state index is -0.503. The van der Waals surface area contributed by atoms with Crippen molar-refractivity contribution in [3.63, 3.8) is 0 Å². The monoisotopic (exact) mass is 384 g/mol. The van der Waals surface area contributed by atoms with Crippen LogP contribution in [0.15, 0.2) is 30.6 Å². The van der Waals surface area contributed by atoms with E-state index in [9.17, 15) is 14.9 Å². The van der Waals surface area contributed by atoms with Crippen LogP contribution in [0.2, 0.25) is 0 Å². The molecule has 9 nitrogen and oxygen atoms in total. The number of carbonyl (C=O) groups is 1. The van der Waals surface area contributed by atoms with Crippen molar-refractivity contribution in [3.8, 4) is 0 Å². The van der Waals surface area contributed by atoms with Crippen LogP contribution in [0, 0.1) is 17.0 Å². The molecule has 1 amide bonds. The summed E-state index contributed by atoms with van der Waals surface area (Å²) in [5.41, 5.74) is 6.33. The number of aryl methyl sites for hydroxylation is 1. The normalized spacial score (nSPS) is 16.5. The molecular formula is C19H24N6O3. The van der Waals surface area contributed by atoms with Gasteiger partial charge in [-0.15, -0.1) is 0 Å². The van der Waals surface area contributed by atoms with Crippen molar-refractivity contribution in [2.24, 2.45) is 0 Å². The Morgan fingerprint density at radius 1 is 1.29 bits per heavy atom. The molecule has 3 rings (SSSR count). The summed E-state index contributed by atoms with van der Waals surface area (Å²) in [4.78, 5) is 33.7. The molecule has 2 aromatic rings. The summed E-state index contributed by atoms with van der Waals surface area (Å²) in [7, 11) is 0. The van der Waals surface area contributed by atoms with Crippen molar-refractivity contribution in [2.75, 3.05) is 16.9 Å². The fourth-order valence-corrected chi connectivity index (χ4v) is 3.44. The van der Waals surface area contributed by atoms with Crippen molar-refractivity contribution >= 4 is 23.2 Å². The van der Waals surface area contributed by atoms with E-state index in [0.29, 0.717) is 17.9 Å². The summed E-state index contributed by atoms with van der Waals surface area (Å²) >= 11 is 0. The van der Waals surface area contributed by atoms with Crippen LogP contribution >= 0.6 is 0 Å². The Kier molecular flexibility index (Phi) is 6.03. The average Bonchev–Trinajstić information content (AvgIpc) is 2.72. The summed E-state index contributed by atoms with van der Waals surface area (Å²) in [5.74, 6) is -0.145. The molecule has 2 heterocycles. The van der Waals surface area contributed by atoms with Gasteiger partial charge in [-0.1, -0.05) is 24.6 Å². The number of piperidine rings is 1. The number of rotatable bonds is 6. The molecular weight excluding hydrogens is 360 g/mol. The van der Waals surface area contributed by atoms with E-state index in [1.807, 2.05) is 24.0 Å². The molecule has 1 saturated heterocycles. The Balaban J connectivity index is 1.84. The largest absolute Gasteiger partial charge is 0.355 e. The summed E-state index contributed by atoms with van der Waals surface area (Å²) in [5, 5.41) is 11.8. The first-order valence-electron chi connectivity index (χ1n) is 9.40. The molecule has 1 atom stereocenters. The third kappa shape index (κ3) is 4.19. The lowest BCUT2D eigenvalue weighted by Crippen LogP contribution is -2.40. The number of aromatic nitrogens is 2. The molecule has 0 bridgehead atoms. The number of benzene rings is 1. The maximum absolute atomic E-state index is 12.3. The lowest BCUT2D eigenvalue weighted by atomic mass is 10.00. The number of hydrazine groups is 1. The Morgan fingerprint density at radius 2 is 2.04 bits per heavy atom. The Morgan fingerprint density at radius 3 is 2.71 bits per heavy atom. The molecule has 1 fully saturated rings. The summed E-state index contributed by atoms with van der Waals surface area (Å²) < 4.78 is 0. The minimum absolute atomic E-state index is 0.0316. The van der Waals surface area contributed by atoms with E-state index in [0.717, 1.165) is 31.2 Å². The van der Waals surface area contributed by atoms with Gasteiger partial charge in [-0.3, -0.25) is 25.8 Å². The summed E-state index contributed by atoms with van der Waals surface area (Å²) in [6.07, 6.45) is 5.21. The zero-order valence-corrected chi connectivity index (χ0v) is 16.0. The number of carbonyl (C=O) groups excluding carboxylic acids is 1. The maximum atomic E-state index is 12.3. The van der Waals surface area contributed by atoms with E-state index in [2.05, 4.69) is 27.7 Å². The summed E-state index contributed by atoms with van der Waals surface area (Å²) in [6.45, 7) is 4.71. The second-order valence-electron chi connectivity index (χ2n) is 6.85. The highest BCUT2D eigenvalue weighted by atomic mass is 16.6. The first-order chi connectivity index (χ1) is 13.5. The van der Waals surface area contributed by atoms with Crippen LogP contribution in [0.5, 0.6) is 0 Å². The SMILES string of the molecule is CCC1CCCCN1c1ncnc(NNC(=O)c2ccc(C)cc2)c1[N+](=O)[O-]. The second kappa shape index (κ2) is 8.64. The molecule has 1 aliphatic heterocycles. The molecule has 2 N–H and O–H groups in total. The molecule has 0 radical (unpaired) electrons. The van der Waals surface area contributed by atoms with Gasteiger partial charge in [0, 0.05) is 18.2 Å². The fourth-order valence-electron chi connectivity index (χ4n) is 3.44. The molecule has 0 aliphatic carbocycles. The number of hydrogen-bond acceptors (Lipinski definition) is 7. The number of anilines is 2. The Bertz CT molecular complexity index is 855.